The third kappa shape index (κ3) is 4.15. The van der Waals surface area contributed by atoms with Crippen LogP contribution in [0.25, 0.3) is 26.1 Å². The van der Waals surface area contributed by atoms with Crippen molar-refractivity contribution in [2.24, 2.45) is 5.92 Å². The molecular formula is C27H31N5O3S. The monoisotopic (exact) mass is 505 g/mol. The molecule has 2 aliphatic rings. The molecule has 0 aliphatic carbocycles. The van der Waals surface area contributed by atoms with Crippen molar-refractivity contribution in [1.82, 2.24) is 19.6 Å². The lowest BCUT2D eigenvalue weighted by Gasteiger charge is -2.33. The Hall–Kier alpha value is -3.01. The number of likely N-dealkylation sites (tertiary alicyclic amines) is 1. The number of carbonyl (C=O) groups excluding carboxylic acids is 1. The van der Waals surface area contributed by atoms with Gasteiger partial charge in [0.05, 0.1) is 27.5 Å². The van der Waals surface area contributed by atoms with Crippen LogP contribution in [0.5, 0.6) is 0 Å². The second-order valence-corrected chi connectivity index (χ2v) is 11.0. The Balaban J connectivity index is 1.45. The van der Waals surface area contributed by atoms with E-state index in [0.29, 0.717) is 22.4 Å². The van der Waals surface area contributed by atoms with Crippen LogP contribution in [0.4, 0.5) is 5.69 Å². The number of nitrogens with one attached hydrogen (secondary N) is 1. The van der Waals surface area contributed by atoms with E-state index in [1.807, 2.05) is 40.9 Å². The van der Waals surface area contributed by atoms with Gasteiger partial charge in [-0.2, -0.15) is 0 Å². The molecule has 188 valence electrons. The Morgan fingerprint density at radius 2 is 2.00 bits per heavy atom. The Labute approximate surface area is 213 Å². The Morgan fingerprint density at radius 1 is 1.17 bits per heavy atom. The van der Waals surface area contributed by atoms with Crippen LogP contribution in [0.2, 0.25) is 0 Å². The quantitative estimate of drug-likeness (QED) is 0.419. The first kappa shape index (κ1) is 23.4. The summed E-state index contributed by atoms with van der Waals surface area (Å²) in [5, 5.41) is 13.1. The van der Waals surface area contributed by atoms with Crippen molar-refractivity contribution in [3.63, 3.8) is 0 Å². The number of piperidine rings is 1. The zero-order chi connectivity index (χ0) is 24.6. The molecule has 2 aliphatic heterocycles. The lowest BCUT2D eigenvalue weighted by molar-refractivity contribution is 0.0950. The highest BCUT2D eigenvalue weighted by atomic mass is 32.1. The van der Waals surface area contributed by atoms with Crippen molar-refractivity contribution in [1.29, 1.82) is 0 Å². The van der Waals surface area contributed by atoms with Crippen molar-refractivity contribution < 1.29 is 9.90 Å². The van der Waals surface area contributed by atoms with Crippen LogP contribution in [0.3, 0.4) is 0 Å². The third-order valence-corrected chi connectivity index (χ3v) is 8.69. The van der Waals surface area contributed by atoms with Crippen LogP contribution in [0, 0.1) is 5.92 Å². The number of thiazole rings is 1. The minimum Gasteiger partial charge on any atom is -0.396 e. The largest absolute Gasteiger partial charge is 0.396 e. The van der Waals surface area contributed by atoms with E-state index in [-0.39, 0.29) is 29.4 Å². The minimum atomic E-state index is -0.325. The molecule has 4 aromatic rings. The van der Waals surface area contributed by atoms with Gasteiger partial charge in [0.25, 0.3) is 5.91 Å². The molecule has 9 heteroatoms. The summed E-state index contributed by atoms with van der Waals surface area (Å²) < 4.78 is 2.96. The van der Waals surface area contributed by atoms with E-state index < -0.39 is 0 Å². The number of nitrogens with zero attached hydrogens (tertiary/aromatic N) is 4. The summed E-state index contributed by atoms with van der Waals surface area (Å²) in [5.41, 5.74) is 2.28. The SMILES string of the molecule is O=C(NCCN1CCCC1)c1c(=O)c2cc(N3CCCC(CO)C3)cnc2n2c1sc1ccccc12. The van der Waals surface area contributed by atoms with E-state index in [9.17, 15) is 14.7 Å². The van der Waals surface area contributed by atoms with Gasteiger partial charge in [-0.05, 0) is 62.9 Å². The van der Waals surface area contributed by atoms with Gasteiger partial charge >= 0.3 is 0 Å². The number of benzene rings is 1. The smallest absolute Gasteiger partial charge is 0.258 e. The first-order valence-electron chi connectivity index (χ1n) is 12.9. The highest BCUT2D eigenvalue weighted by Crippen LogP contribution is 2.32. The molecule has 1 unspecified atom stereocenters. The van der Waals surface area contributed by atoms with Crippen LogP contribution in [0.1, 0.15) is 36.0 Å². The molecule has 36 heavy (non-hydrogen) atoms. The second kappa shape index (κ2) is 9.80. The molecule has 1 amide bonds. The fraction of sp³-hybridized carbons (Fsp3) is 0.444. The molecule has 2 N–H and O–H groups in total. The number of hydrogen-bond donors (Lipinski definition) is 2. The molecule has 1 atom stereocenters. The highest BCUT2D eigenvalue weighted by Gasteiger charge is 2.25. The summed E-state index contributed by atoms with van der Waals surface area (Å²) in [6.45, 7) is 5.19. The summed E-state index contributed by atoms with van der Waals surface area (Å²) in [4.78, 5) is 37.2. The summed E-state index contributed by atoms with van der Waals surface area (Å²) in [6, 6.07) is 9.82. The number of aliphatic hydroxyl groups excluding tert-OH is 1. The van der Waals surface area contributed by atoms with Gasteiger partial charge in [-0.15, -0.1) is 11.3 Å². The summed E-state index contributed by atoms with van der Waals surface area (Å²) in [7, 11) is 0. The van der Waals surface area contributed by atoms with E-state index in [1.165, 1.54) is 24.2 Å². The van der Waals surface area contributed by atoms with Gasteiger partial charge in [0.15, 0.2) is 0 Å². The number of hydrogen-bond acceptors (Lipinski definition) is 7. The summed E-state index contributed by atoms with van der Waals surface area (Å²) in [5.74, 6) is -0.107. The molecule has 1 aromatic carbocycles. The van der Waals surface area contributed by atoms with E-state index in [2.05, 4.69) is 15.1 Å². The lowest BCUT2D eigenvalue weighted by Crippen LogP contribution is -2.37. The molecule has 0 radical (unpaired) electrons. The predicted octanol–water partition coefficient (Wildman–Crippen LogP) is 3.10. The van der Waals surface area contributed by atoms with Gasteiger partial charge in [-0.1, -0.05) is 12.1 Å². The maximum atomic E-state index is 13.9. The zero-order valence-corrected chi connectivity index (χ0v) is 21.1. The van der Waals surface area contributed by atoms with E-state index in [1.54, 1.807) is 0 Å². The number of pyridine rings is 2. The fourth-order valence-corrected chi connectivity index (χ4v) is 6.81. The van der Waals surface area contributed by atoms with Crippen LogP contribution >= 0.6 is 11.3 Å². The van der Waals surface area contributed by atoms with Gasteiger partial charge in [0, 0.05) is 32.8 Å². The standard InChI is InChI=1S/C27H31N5O3S/c33-17-18-6-5-12-31(16-18)19-14-20-24(34)23(26(35)28-9-13-30-10-3-4-11-30)27-32(25(20)29-15-19)21-7-1-2-8-22(21)36-27/h1-2,7-8,14-15,18,33H,3-6,9-13,16-17H2,(H,28,35). The Bertz CT molecular complexity index is 1490. The molecule has 0 bridgehead atoms. The first-order chi connectivity index (χ1) is 17.6. The molecule has 3 aromatic heterocycles. The van der Waals surface area contributed by atoms with Crippen LogP contribution in [0.15, 0.2) is 41.3 Å². The van der Waals surface area contributed by atoms with Gasteiger partial charge in [0.2, 0.25) is 5.43 Å². The van der Waals surface area contributed by atoms with Crippen LogP contribution in [-0.4, -0.2) is 71.2 Å². The molecular weight excluding hydrogens is 474 g/mol. The van der Waals surface area contributed by atoms with Crippen LogP contribution < -0.4 is 15.6 Å². The van der Waals surface area contributed by atoms with Crippen molar-refractivity contribution in [2.75, 3.05) is 50.8 Å². The number of aromatic nitrogens is 2. The van der Waals surface area contributed by atoms with Crippen LogP contribution in [-0.2, 0) is 0 Å². The molecule has 6 rings (SSSR count). The summed E-state index contributed by atoms with van der Waals surface area (Å²) >= 11 is 1.45. The van der Waals surface area contributed by atoms with Crippen molar-refractivity contribution in [3.8, 4) is 0 Å². The second-order valence-electron chi connectivity index (χ2n) is 9.92. The Morgan fingerprint density at radius 3 is 2.83 bits per heavy atom. The summed E-state index contributed by atoms with van der Waals surface area (Å²) in [6.07, 6.45) is 6.21. The lowest BCUT2D eigenvalue weighted by atomic mass is 9.98. The molecule has 2 saturated heterocycles. The number of carbonyl (C=O) groups is 1. The third-order valence-electron chi connectivity index (χ3n) is 7.55. The maximum absolute atomic E-state index is 13.9. The number of aliphatic hydroxyl groups is 1. The highest BCUT2D eigenvalue weighted by molar-refractivity contribution is 7.24. The van der Waals surface area contributed by atoms with E-state index in [4.69, 9.17) is 4.98 Å². The minimum absolute atomic E-state index is 0.156. The topological polar surface area (TPSA) is 90.2 Å². The predicted molar refractivity (Wildman–Crippen MR) is 144 cm³/mol. The Kier molecular flexibility index (Phi) is 6.37. The number of amides is 1. The van der Waals surface area contributed by atoms with E-state index in [0.717, 1.165) is 61.5 Å². The van der Waals surface area contributed by atoms with Gasteiger partial charge in [-0.3, -0.25) is 14.0 Å². The molecule has 5 heterocycles. The molecule has 8 nitrogen and oxygen atoms in total. The average molecular weight is 506 g/mol. The molecule has 2 fully saturated rings. The number of rotatable bonds is 6. The van der Waals surface area contributed by atoms with Crippen molar-refractivity contribution in [2.45, 2.75) is 25.7 Å². The number of anilines is 1. The van der Waals surface area contributed by atoms with Gasteiger partial charge < -0.3 is 20.2 Å². The molecule has 0 saturated carbocycles. The number of fused-ring (bicyclic) bond motifs is 5. The van der Waals surface area contributed by atoms with E-state index >= 15 is 0 Å². The fourth-order valence-electron chi connectivity index (χ4n) is 5.63. The first-order valence-corrected chi connectivity index (χ1v) is 13.7. The van der Waals surface area contributed by atoms with Gasteiger partial charge in [-0.25, -0.2) is 4.98 Å². The zero-order valence-electron chi connectivity index (χ0n) is 20.3. The normalized spacial score (nSPS) is 19.0. The maximum Gasteiger partial charge on any atom is 0.258 e. The van der Waals surface area contributed by atoms with Crippen molar-refractivity contribution in [3.05, 3.63) is 52.3 Å². The van der Waals surface area contributed by atoms with Crippen molar-refractivity contribution >= 4 is 49.0 Å². The number of para-hydroxylation sites is 1. The average Bonchev–Trinajstić information content (AvgIpc) is 3.56. The molecule has 0 spiro atoms. The van der Waals surface area contributed by atoms with Gasteiger partial charge in [0.1, 0.15) is 16.0 Å².